The number of likely N-dealkylation sites (tertiary alicyclic amines) is 1. The van der Waals surface area contributed by atoms with Gasteiger partial charge < -0.3 is 10.2 Å². The lowest BCUT2D eigenvalue weighted by Gasteiger charge is -2.30. The molecule has 1 aliphatic rings. The van der Waals surface area contributed by atoms with Gasteiger partial charge in [-0.3, -0.25) is 0 Å². The minimum absolute atomic E-state index is 0.922. The van der Waals surface area contributed by atoms with Crippen LogP contribution in [0.4, 0.5) is 5.13 Å². The van der Waals surface area contributed by atoms with Gasteiger partial charge in [0.25, 0.3) is 0 Å². The number of anilines is 1. The quantitative estimate of drug-likeness (QED) is 0.875. The van der Waals surface area contributed by atoms with E-state index in [0.717, 1.165) is 29.8 Å². The number of nitrogens with one attached hydrogen (secondary N) is 1. The molecule has 1 saturated heterocycles. The lowest BCUT2D eigenvalue weighted by molar-refractivity contribution is 0.199. The summed E-state index contributed by atoms with van der Waals surface area (Å²) in [6.45, 7) is 9.08. The smallest absolute Gasteiger partial charge is 0.182 e. The van der Waals surface area contributed by atoms with Crippen molar-refractivity contribution >= 4 is 16.5 Å². The molecule has 4 heteroatoms. The summed E-state index contributed by atoms with van der Waals surface area (Å²) >= 11 is 1.70. The molecule has 0 unspecified atom stereocenters. The van der Waals surface area contributed by atoms with Crippen LogP contribution in [0, 0.1) is 12.8 Å². The van der Waals surface area contributed by atoms with Crippen molar-refractivity contribution in [3.05, 3.63) is 11.1 Å². The first-order valence-corrected chi connectivity index (χ1v) is 7.00. The van der Waals surface area contributed by atoms with Crippen molar-refractivity contribution in [3.63, 3.8) is 0 Å². The molecule has 0 spiro atoms. The minimum Gasteiger partial charge on any atom is -0.360 e. The monoisotopic (exact) mass is 239 g/mol. The highest BCUT2D eigenvalue weighted by Crippen LogP contribution is 2.16. The standard InChI is InChI=1S/C12H21N3S/c1-10-3-6-15(7-4-10)8-5-13-12-14-11(2)9-16-12/h9-10H,3-8H2,1-2H3,(H,13,14). The molecule has 1 aromatic rings. The van der Waals surface area contributed by atoms with Crippen LogP contribution in [0.1, 0.15) is 25.5 Å². The molecule has 0 aromatic carbocycles. The molecule has 1 aromatic heterocycles. The summed E-state index contributed by atoms with van der Waals surface area (Å²) in [7, 11) is 0. The largest absolute Gasteiger partial charge is 0.360 e. The molecule has 0 atom stereocenters. The average Bonchev–Trinajstić information content (AvgIpc) is 2.67. The summed E-state index contributed by atoms with van der Waals surface area (Å²) in [5, 5.41) is 6.54. The molecule has 16 heavy (non-hydrogen) atoms. The molecule has 2 heterocycles. The number of aryl methyl sites for hydroxylation is 1. The van der Waals surface area contributed by atoms with Crippen molar-refractivity contribution in [1.29, 1.82) is 0 Å². The third-order valence-corrected chi connectivity index (χ3v) is 4.12. The summed E-state index contributed by atoms with van der Waals surface area (Å²) < 4.78 is 0. The molecular weight excluding hydrogens is 218 g/mol. The molecule has 0 bridgehead atoms. The van der Waals surface area contributed by atoms with Gasteiger partial charge >= 0.3 is 0 Å². The molecule has 0 saturated carbocycles. The maximum Gasteiger partial charge on any atom is 0.182 e. The second-order valence-electron chi connectivity index (χ2n) is 4.74. The van der Waals surface area contributed by atoms with Crippen LogP contribution in [0.3, 0.4) is 0 Å². The molecule has 1 aliphatic heterocycles. The van der Waals surface area contributed by atoms with E-state index in [2.05, 4.69) is 27.5 Å². The summed E-state index contributed by atoms with van der Waals surface area (Å²) in [6.07, 6.45) is 2.72. The molecule has 2 rings (SSSR count). The van der Waals surface area contributed by atoms with Gasteiger partial charge in [-0.05, 0) is 38.8 Å². The summed E-state index contributed by atoms with van der Waals surface area (Å²) in [6, 6.07) is 0. The number of rotatable bonds is 4. The van der Waals surface area contributed by atoms with Crippen LogP contribution in [-0.2, 0) is 0 Å². The number of aromatic nitrogens is 1. The van der Waals surface area contributed by atoms with Crippen molar-refractivity contribution in [3.8, 4) is 0 Å². The Hall–Kier alpha value is -0.610. The van der Waals surface area contributed by atoms with Crippen molar-refractivity contribution in [2.45, 2.75) is 26.7 Å². The molecule has 0 radical (unpaired) electrons. The van der Waals surface area contributed by atoms with Gasteiger partial charge in [0, 0.05) is 18.5 Å². The zero-order chi connectivity index (χ0) is 11.4. The highest BCUT2D eigenvalue weighted by atomic mass is 32.1. The maximum absolute atomic E-state index is 4.39. The average molecular weight is 239 g/mol. The van der Waals surface area contributed by atoms with Gasteiger partial charge in [0.1, 0.15) is 0 Å². The Bertz CT molecular complexity index is 316. The van der Waals surface area contributed by atoms with E-state index in [-0.39, 0.29) is 0 Å². The first-order valence-electron chi connectivity index (χ1n) is 6.12. The summed E-state index contributed by atoms with van der Waals surface area (Å²) in [5.74, 6) is 0.922. The van der Waals surface area contributed by atoms with Gasteiger partial charge in [0.2, 0.25) is 0 Å². The van der Waals surface area contributed by atoms with Gasteiger partial charge in [0.05, 0.1) is 5.69 Å². The Morgan fingerprint density at radius 3 is 2.88 bits per heavy atom. The van der Waals surface area contributed by atoms with E-state index in [0.29, 0.717) is 0 Å². The Balaban J connectivity index is 1.64. The number of hydrogen-bond acceptors (Lipinski definition) is 4. The van der Waals surface area contributed by atoms with E-state index in [1.54, 1.807) is 11.3 Å². The van der Waals surface area contributed by atoms with Crippen LogP contribution < -0.4 is 5.32 Å². The molecule has 3 nitrogen and oxygen atoms in total. The summed E-state index contributed by atoms with van der Waals surface area (Å²) in [5.41, 5.74) is 1.11. The van der Waals surface area contributed by atoms with E-state index in [1.165, 1.54) is 25.9 Å². The van der Waals surface area contributed by atoms with Crippen molar-refractivity contribution < 1.29 is 0 Å². The van der Waals surface area contributed by atoms with Crippen LogP contribution in [0.5, 0.6) is 0 Å². The van der Waals surface area contributed by atoms with E-state index in [1.807, 2.05) is 6.92 Å². The molecule has 90 valence electrons. The molecular formula is C12H21N3S. The first-order chi connectivity index (χ1) is 7.74. The SMILES string of the molecule is Cc1csc(NCCN2CCC(C)CC2)n1. The van der Waals surface area contributed by atoms with Gasteiger partial charge in [-0.15, -0.1) is 11.3 Å². The fourth-order valence-corrected chi connectivity index (χ4v) is 2.76. The minimum atomic E-state index is 0.922. The lowest BCUT2D eigenvalue weighted by atomic mass is 9.99. The summed E-state index contributed by atoms with van der Waals surface area (Å²) in [4.78, 5) is 6.94. The van der Waals surface area contributed by atoms with Crippen LogP contribution in [-0.4, -0.2) is 36.1 Å². The highest BCUT2D eigenvalue weighted by Gasteiger charge is 2.14. The Morgan fingerprint density at radius 1 is 1.50 bits per heavy atom. The predicted octanol–water partition coefficient (Wildman–Crippen LogP) is 2.60. The fourth-order valence-electron chi connectivity index (χ4n) is 2.04. The Morgan fingerprint density at radius 2 is 2.25 bits per heavy atom. The van der Waals surface area contributed by atoms with Crippen LogP contribution in [0.15, 0.2) is 5.38 Å². The first kappa shape index (κ1) is 11.9. The van der Waals surface area contributed by atoms with E-state index in [4.69, 9.17) is 0 Å². The molecule has 0 amide bonds. The van der Waals surface area contributed by atoms with Crippen molar-refractivity contribution in [2.24, 2.45) is 5.92 Å². The maximum atomic E-state index is 4.39. The van der Waals surface area contributed by atoms with Gasteiger partial charge in [-0.2, -0.15) is 0 Å². The zero-order valence-corrected chi connectivity index (χ0v) is 11.0. The van der Waals surface area contributed by atoms with Crippen LogP contribution in [0.2, 0.25) is 0 Å². The number of piperidine rings is 1. The van der Waals surface area contributed by atoms with Gasteiger partial charge in [0.15, 0.2) is 5.13 Å². The van der Waals surface area contributed by atoms with Gasteiger partial charge in [-0.1, -0.05) is 6.92 Å². The fraction of sp³-hybridized carbons (Fsp3) is 0.750. The topological polar surface area (TPSA) is 28.2 Å². The second-order valence-corrected chi connectivity index (χ2v) is 5.60. The lowest BCUT2D eigenvalue weighted by Crippen LogP contribution is -2.36. The van der Waals surface area contributed by atoms with Crippen LogP contribution in [0.25, 0.3) is 0 Å². The van der Waals surface area contributed by atoms with E-state index in [9.17, 15) is 0 Å². The molecule has 0 aliphatic carbocycles. The number of hydrogen-bond donors (Lipinski definition) is 1. The molecule has 1 fully saturated rings. The molecule has 1 N–H and O–H groups in total. The van der Waals surface area contributed by atoms with E-state index >= 15 is 0 Å². The van der Waals surface area contributed by atoms with Gasteiger partial charge in [-0.25, -0.2) is 4.98 Å². The Labute approximate surface area is 102 Å². The van der Waals surface area contributed by atoms with E-state index < -0.39 is 0 Å². The van der Waals surface area contributed by atoms with Crippen molar-refractivity contribution in [1.82, 2.24) is 9.88 Å². The highest BCUT2D eigenvalue weighted by molar-refractivity contribution is 7.13. The Kier molecular flexibility index (Phi) is 4.18. The normalized spacial score (nSPS) is 18.9. The third-order valence-electron chi connectivity index (χ3n) is 3.20. The van der Waals surface area contributed by atoms with Crippen molar-refractivity contribution in [2.75, 3.05) is 31.5 Å². The third kappa shape index (κ3) is 3.46. The zero-order valence-electron chi connectivity index (χ0n) is 10.2. The number of thiazole rings is 1. The predicted molar refractivity (Wildman–Crippen MR) is 70.2 cm³/mol. The van der Waals surface area contributed by atoms with Crippen LogP contribution >= 0.6 is 11.3 Å². The number of nitrogens with zero attached hydrogens (tertiary/aromatic N) is 2. The second kappa shape index (κ2) is 5.64.